The molecule has 19 heavy (non-hydrogen) atoms. The van der Waals surface area contributed by atoms with Crippen LogP contribution in [0.15, 0.2) is 10.4 Å². The zero-order chi connectivity index (χ0) is 14.0. The van der Waals surface area contributed by atoms with Gasteiger partial charge in [0.25, 0.3) is 0 Å². The van der Waals surface area contributed by atoms with Gasteiger partial charge in [0.1, 0.15) is 0 Å². The van der Waals surface area contributed by atoms with Gasteiger partial charge in [0.15, 0.2) is 5.17 Å². The number of amides is 1. The molecule has 0 aromatic carbocycles. The third-order valence-corrected chi connectivity index (χ3v) is 4.38. The maximum Gasteiger partial charge on any atom is 0.239 e. The Bertz CT molecular complexity index is 541. The van der Waals surface area contributed by atoms with Gasteiger partial charge in [-0.3, -0.25) is 4.79 Å². The molecule has 0 aliphatic carbocycles. The van der Waals surface area contributed by atoms with Crippen LogP contribution in [0.25, 0.3) is 0 Å². The summed E-state index contributed by atoms with van der Waals surface area (Å²) in [6.07, 6.45) is 0.421. The number of carboxylic acids is 1. The van der Waals surface area contributed by atoms with E-state index in [9.17, 15) is 14.7 Å². The molecular formula is C11H12N3O3S2-. The summed E-state index contributed by atoms with van der Waals surface area (Å²) >= 11 is 2.57. The van der Waals surface area contributed by atoms with Crippen LogP contribution in [-0.2, 0) is 9.59 Å². The van der Waals surface area contributed by atoms with Gasteiger partial charge in [-0.05, 0) is 13.3 Å². The van der Waals surface area contributed by atoms with Crippen molar-refractivity contribution in [1.29, 1.82) is 0 Å². The lowest BCUT2D eigenvalue weighted by atomic mass is 10.0. The molecular weight excluding hydrogens is 286 g/mol. The molecule has 1 aromatic rings. The van der Waals surface area contributed by atoms with E-state index in [1.165, 1.54) is 23.1 Å². The number of carbonyl (C=O) groups is 2. The predicted octanol–water partition coefficient (Wildman–Crippen LogP) is 0.626. The first-order chi connectivity index (χ1) is 9.01. The lowest BCUT2D eigenvalue weighted by molar-refractivity contribution is -0.308. The molecule has 8 heteroatoms. The number of aliphatic carboxylic acids is 1. The van der Waals surface area contributed by atoms with E-state index in [1.807, 2.05) is 0 Å². The molecule has 2 rings (SSSR count). The fourth-order valence-corrected chi connectivity index (χ4v) is 3.19. The van der Waals surface area contributed by atoms with E-state index in [-0.39, 0.29) is 11.2 Å². The van der Waals surface area contributed by atoms with Crippen molar-refractivity contribution in [1.82, 2.24) is 10.3 Å². The number of rotatable bonds is 4. The minimum atomic E-state index is -1.14. The van der Waals surface area contributed by atoms with Gasteiger partial charge < -0.3 is 15.2 Å². The predicted molar refractivity (Wildman–Crippen MR) is 72.4 cm³/mol. The minimum absolute atomic E-state index is 0.0818. The first-order valence-corrected chi connectivity index (χ1v) is 7.49. The first-order valence-electron chi connectivity index (χ1n) is 5.73. The third kappa shape index (κ3) is 3.13. The molecule has 1 aliphatic rings. The molecule has 0 bridgehead atoms. The van der Waals surface area contributed by atoms with Crippen molar-refractivity contribution in [2.75, 3.05) is 0 Å². The molecule has 1 aromatic heterocycles. The van der Waals surface area contributed by atoms with Crippen LogP contribution in [0.1, 0.15) is 31.9 Å². The summed E-state index contributed by atoms with van der Waals surface area (Å²) in [5, 5.41) is 16.0. The number of hydrogen-bond donors (Lipinski definition) is 1. The summed E-state index contributed by atoms with van der Waals surface area (Å²) in [6, 6.07) is 0. The van der Waals surface area contributed by atoms with Gasteiger partial charge in [-0.1, -0.05) is 18.7 Å². The van der Waals surface area contributed by atoms with Crippen molar-refractivity contribution in [2.24, 2.45) is 4.99 Å². The molecule has 0 saturated carbocycles. The van der Waals surface area contributed by atoms with Crippen LogP contribution in [0.4, 0.5) is 5.13 Å². The molecule has 6 nitrogen and oxygen atoms in total. The molecule has 1 saturated heterocycles. The van der Waals surface area contributed by atoms with E-state index in [1.54, 1.807) is 19.2 Å². The number of thioether (sulfide) groups is 1. The van der Waals surface area contributed by atoms with Gasteiger partial charge in [-0.25, -0.2) is 4.98 Å². The largest absolute Gasteiger partial charge is 0.549 e. The molecule has 2 heterocycles. The van der Waals surface area contributed by atoms with Crippen LogP contribution < -0.4 is 10.4 Å². The lowest BCUT2D eigenvalue weighted by Crippen LogP contribution is -2.29. The normalized spacial score (nSPS) is 22.5. The van der Waals surface area contributed by atoms with Gasteiger partial charge in [0.05, 0.1) is 16.9 Å². The summed E-state index contributed by atoms with van der Waals surface area (Å²) in [5.74, 6) is -1.93. The second-order valence-electron chi connectivity index (χ2n) is 4.00. The number of aromatic nitrogens is 1. The number of hydrogen-bond acceptors (Lipinski definition) is 7. The zero-order valence-electron chi connectivity index (χ0n) is 10.4. The molecule has 1 amide bonds. The quantitative estimate of drug-likeness (QED) is 0.879. The average Bonchev–Trinajstić information content (AvgIpc) is 2.88. The molecule has 2 atom stereocenters. The minimum Gasteiger partial charge on any atom is -0.549 e. The van der Waals surface area contributed by atoms with Crippen molar-refractivity contribution >= 4 is 45.3 Å². The second-order valence-corrected chi connectivity index (χ2v) is 6.17. The third-order valence-electron chi connectivity index (χ3n) is 2.64. The number of nitrogens with zero attached hydrogens (tertiary/aromatic N) is 2. The topological polar surface area (TPSA) is 94.5 Å². The van der Waals surface area contributed by atoms with Gasteiger partial charge in [-0.2, -0.15) is 4.99 Å². The van der Waals surface area contributed by atoms with Crippen molar-refractivity contribution in [3.05, 3.63) is 11.1 Å². The Balaban J connectivity index is 2.16. The number of nitrogens with one attached hydrogen (secondary N) is 1. The zero-order valence-corrected chi connectivity index (χ0v) is 12.0. The summed E-state index contributed by atoms with van der Waals surface area (Å²) in [4.78, 5) is 30.6. The number of amidine groups is 1. The fraction of sp³-hybridized carbons (Fsp3) is 0.455. The first kappa shape index (κ1) is 14.0. The van der Waals surface area contributed by atoms with Gasteiger partial charge in [0, 0.05) is 11.3 Å². The Hall–Kier alpha value is -1.41. The number of thiazole rings is 1. The van der Waals surface area contributed by atoms with Crippen molar-refractivity contribution in [2.45, 2.75) is 31.4 Å². The molecule has 0 spiro atoms. The molecule has 0 radical (unpaired) electrons. The summed E-state index contributed by atoms with van der Waals surface area (Å²) in [6.45, 7) is 3.55. The molecule has 1 aliphatic heterocycles. The number of aliphatic imine (C=N–C) groups is 1. The van der Waals surface area contributed by atoms with E-state index in [4.69, 9.17) is 0 Å². The summed E-state index contributed by atoms with van der Waals surface area (Å²) in [5.41, 5.74) is 0.453. The SMILES string of the molecule is CCC(C(=O)[O-])c1csc(N=C2NC(=O)C(C)S2)n1. The lowest BCUT2D eigenvalue weighted by Gasteiger charge is -2.12. The Kier molecular flexibility index (Phi) is 4.20. The standard InChI is InChI=1S/C11H13N3O3S2/c1-3-6(9(16)17)7-4-18-10(12-7)14-11-13-8(15)5(2)19-11/h4-6H,3H2,1-2H3,(H,16,17)(H,12,13,14,15)/p-1. The Morgan fingerprint density at radius 3 is 2.95 bits per heavy atom. The number of carboxylic acid groups (broad SMARTS) is 1. The highest BCUT2D eigenvalue weighted by Gasteiger charge is 2.26. The van der Waals surface area contributed by atoms with Crippen LogP contribution in [0.2, 0.25) is 0 Å². The smallest absolute Gasteiger partial charge is 0.239 e. The van der Waals surface area contributed by atoms with Crippen LogP contribution in [0, 0.1) is 0 Å². The second kappa shape index (κ2) is 5.70. The fourth-order valence-electron chi connectivity index (χ4n) is 1.58. The summed E-state index contributed by atoms with van der Waals surface area (Å²) in [7, 11) is 0. The van der Waals surface area contributed by atoms with Crippen LogP contribution >= 0.6 is 23.1 Å². The van der Waals surface area contributed by atoms with E-state index in [0.717, 1.165) is 0 Å². The van der Waals surface area contributed by atoms with Gasteiger partial charge >= 0.3 is 0 Å². The van der Waals surface area contributed by atoms with E-state index >= 15 is 0 Å². The van der Waals surface area contributed by atoms with Crippen molar-refractivity contribution < 1.29 is 14.7 Å². The Labute approximate surface area is 118 Å². The monoisotopic (exact) mass is 298 g/mol. The van der Waals surface area contributed by atoms with E-state index < -0.39 is 11.9 Å². The Morgan fingerprint density at radius 2 is 2.42 bits per heavy atom. The van der Waals surface area contributed by atoms with Crippen LogP contribution in [0.5, 0.6) is 0 Å². The van der Waals surface area contributed by atoms with E-state index in [0.29, 0.717) is 22.4 Å². The van der Waals surface area contributed by atoms with Crippen molar-refractivity contribution in [3.8, 4) is 0 Å². The highest BCUT2D eigenvalue weighted by atomic mass is 32.2. The highest BCUT2D eigenvalue weighted by Crippen LogP contribution is 2.28. The maximum atomic E-state index is 11.3. The van der Waals surface area contributed by atoms with Crippen LogP contribution in [-0.4, -0.2) is 27.3 Å². The number of carbonyl (C=O) groups excluding carboxylic acids is 2. The molecule has 102 valence electrons. The molecule has 1 N–H and O–H groups in total. The average molecular weight is 298 g/mol. The Morgan fingerprint density at radius 1 is 1.68 bits per heavy atom. The molecule has 2 unspecified atom stereocenters. The molecule has 1 fully saturated rings. The maximum absolute atomic E-state index is 11.3. The highest BCUT2D eigenvalue weighted by molar-refractivity contribution is 8.15. The van der Waals surface area contributed by atoms with E-state index in [2.05, 4.69) is 15.3 Å². The van der Waals surface area contributed by atoms with Gasteiger partial charge in [0.2, 0.25) is 11.0 Å². The van der Waals surface area contributed by atoms with Crippen LogP contribution in [0.3, 0.4) is 0 Å². The summed E-state index contributed by atoms with van der Waals surface area (Å²) < 4.78 is 0. The van der Waals surface area contributed by atoms with Gasteiger partial charge in [-0.15, -0.1) is 11.3 Å². The van der Waals surface area contributed by atoms with Crippen molar-refractivity contribution in [3.63, 3.8) is 0 Å².